The van der Waals surface area contributed by atoms with Crippen molar-refractivity contribution in [1.82, 2.24) is 29.5 Å². The molecule has 0 aliphatic carbocycles. The van der Waals surface area contributed by atoms with E-state index in [0.29, 0.717) is 30.3 Å². The average molecular weight is 523 g/mol. The minimum absolute atomic E-state index is 0.0196. The van der Waals surface area contributed by atoms with Gasteiger partial charge in [0.25, 0.3) is 0 Å². The minimum Gasteiger partial charge on any atom is -0.367 e. The van der Waals surface area contributed by atoms with E-state index in [1.807, 2.05) is 31.2 Å². The van der Waals surface area contributed by atoms with E-state index >= 15 is 0 Å². The van der Waals surface area contributed by atoms with Gasteiger partial charge < -0.3 is 10.6 Å². The molecule has 6 rings (SSSR count). The summed E-state index contributed by atoms with van der Waals surface area (Å²) in [6.07, 6.45) is 7.70. The SMILES string of the molecule is Cc1cc(Nc2cc3ncccc3c(N[C@@H]3C[C@H]4CCC[C@@H](C3)N4S(=O)(=O)c3cncc(F)c3)n2)n[nH]1. The number of halogens is 1. The molecule has 0 amide bonds. The van der Waals surface area contributed by atoms with Gasteiger partial charge in [-0.1, -0.05) is 6.42 Å². The van der Waals surface area contributed by atoms with Gasteiger partial charge in [0.1, 0.15) is 22.3 Å². The third kappa shape index (κ3) is 4.62. The van der Waals surface area contributed by atoms with E-state index in [0.717, 1.165) is 48.1 Å². The fraction of sp³-hybridized carbons (Fsp3) is 0.360. The maximum atomic E-state index is 13.8. The summed E-state index contributed by atoms with van der Waals surface area (Å²) in [6, 6.07) is 8.31. The standard InChI is InChI=1S/C25H27FN8O2S/c1-15-8-24(33-32-15)30-23-12-22-21(6-3-7-28-22)25(31-23)29-17-10-18-4-2-5-19(11-17)34(18)37(35,36)20-9-16(26)13-27-14-20/h3,6-9,12-14,17-19H,2,4-5,10-11H2,1H3,(H3,29,30,31,32,33)/t17-,18-,19+. The lowest BCUT2D eigenvalue weighted by Gasteiger charge is -2.47. The van der Waals surface area contributed by atoms with Crippen LogP contribution in [0, 0.1) is 12.7 Å². The molecule has 0 spiro atoms. The highest BCUT2D eigenvalue weighted by molar-refractivity contribution is 7.89. The van der Waals surface area contributed by atoms with Gasteiger partial charge in [0, 0.05) is 53.7 Å². The van der Waals surface area contributed by atoms with Crippen LogP contribution in [0.25, 0.3) is 10.9 Å². The maximum absolute atomic E-state index is 13.8. The van der Waals surface area contributed by atoms with Gasteiger partial charge in [-0.3, -0.25) is 15.1 Å². The summed E-state index contributed by atoms with van der Waals surface area (Å²) >= 11 is 0. The summed E-state index contributed by atoms with van der Waals surface area (Å²) < 4.78 is 42.3. The lowest BCUT2D eigenvalue weighted by atomic mass is 9.84. The number of nitrogens with zero attached hydrogens (tertiary/aromatic N) is 5. The Bertz CT molecular complexity index is 1550. The van der Waals surface area contributed by atoms with Crippen LogP contribution < -0.4 is 10.6 Å². The summed E-state index contributed by atoms with van der Waals surface area (Å²) in [5.74, 6) is 1.30. The predicted molar refractivity (Wildman–Crippen MR) is 137 cm³/mol. The molecule has 2 saturated heterocycles. The highest BCUT2D eigenvalue weighted by Gasteiger charge is 2.45. The van der Waals surface area contributed by atoms with Gasteiger partial charge in [0.05, 0.1) is 11.7 Å². The number of anilines is 3. The number of aryl methyl sites for hydroxylation is 1. The number of fused-ring (bicyclic) bond motifs is 3. The summed E-state index contributed by atoms with van der Waals surface area (Å²) in [6.45, 7) is 1.93. The second-order valence-corrected chi connectivity index (χ2v) is 11.6. The van der Waals surface area contributed by atoms with Crippen molar-refractivity contribution in [3.63, 3.8) is 0 Å². The largest absolute Gasteiger partial charge is 0.367 e. The number of rotatable bonds is 6. The number of piperidine rings is 2. The number of nitrogens with one attached hydrogen (secondary N) is 3. The first-order valence-electron chi connectivity index (χ1n) is 12.3. The van der Waals surface area contributed by atoms with E-state index in [-0.39, 0.29) is 23.0 Å². The molecule has 10 nitrogen and oxygen atoms in total. The molecule has 2 aliphatic rings. The van der Waals surface area contributed by atoms with Gasteiger partial charge >= 0.3 is 0 Å². The van der Waals surface area contributed by atoms with Crippen molar-refractivity contribution in [2.75, 3.05) is 10.6 Å². The second-order valence-electron chi connectivity index (χ2n) is 9.71. The quantitative estimate of drug-likeness (QED) is 0.345. The maximum Gasteiger partial charge on any atom is 0.245 e. The van der Waals surface area contributed by atoms with E-state index in [1.165, 1.54) is 6.20 Å². The third-order valence-corrected chi connectivity index (χ3v) is 9.04. The van der Waals surface area contributed by atoms with E-state index in [4.69, 9.17) is 4.98 Å². The van der Waals surface area contributed by atoms with Gasteiger partial charge in [-0.2, -0.15) is 9.40 Å². The number of aromatic nitrogens is 5. The van der Waals surface area contributed by atoms with Crippen molar-refractivity contribution in [3.8, 4) is 0 Å². The molecule has 0 unspecified atom stereocenters. The molecule has 2 aliphatic heterocycles. The van der Waals surface area contributed by atoms with Crippen LogP contribution in [0.5, 0.6) is 0 Å². The van der Waals surface area contributed by atoms with Crippen molar-refractivity contribution < 1.29 is 12.8 Å². The second kappa shape index (κ2) is 9.34. The Morgan fingerprint density at radius 3 is 2.65 bits per heavy atom. The van der Waals surface area contributed by atoms with Crippen molar-refractivity contribution in [3.05, 3.63) is 60.4 Å². The number of pyridine rings is 3. The first-order valence-corrected chi connectivity index (χ1v) is 13.8. The lowest BCUT2D eigenvalue weighted by Crippen LogP contribution is -2.56. The van der Waals surface area contributed by atoms with Crippen molar-refractivity contribution in [2.45, 2.75) is 62.0 Å². The monoisotopic (exact) mass is 522 g/mol. The van der Waals surface area contributed by atoms with Crippen LogP contribution in [-0.4, -0.2) is 56.0 Å². The molecule has 192 valence electrons. The molecule has 4 aromatic heterocycles. The Kier molecular flexibility index (Phi) is 6.00. The molecular weight excluding hydrogens is 495 g/mol. The van der Waals surface area contributed by atoms with Crippen molar-refractivity contribution in [2.24, 2.45) is 0 Å². The van der Waals surface area contributed by atoms with Crippen LogP contribution in [0.3, 0.4) is 0 Å². The van der Waals surface area contributed by atoms with Crippen LogP contribution in [0.2, 0.25) is 0 Å². The van der Waals surface area contributed by atoms with Gasteiger partial charge in [-0.15, -0.1) is 0 Å². The fourth-order valence-electron chi connectivity index (χ4n) is 5.56. The molecule has 2 bridgehead atoms. The molecule has 3 N–H and O–H groups in total. The molecule has 6 heterocycles. The Labute approximate surface area is 213 Å². The summed E-state index contributed by atoms with van der Waals surface area (Å²) in [7, 11) is -3.86. The summed E-state index contributed by atoms with van der Waals surface area (Å²) in [5, 5.41) is 14.8. The van der Waals surface area contributed by atoms with E-state index in [1.54, 1.807) is 10.5 Å². The van der Waals surface area contributed by atoms with Crippen molar-refractivity contribution >= 4 is 38.4 Å². The van der Waals surface area contributed by atoms with Crippen LogP contribution in [0.15, 0.2) is 53.8 Å². The molecule has 3 atom stereocenters. The zero-order valence-corrected chi connectivity index (χ0v) is 21.0. The molecule has 12 heteroatoms. The number of sulfonamides is 1. The number of H-pyrrole nitrogens is 1. The smallest absolute Gasteiger partial charge is 0.245 e. The van der Waals surface area contributed by atoms with E-state index in [9.17, 15) is 12.8 Å². The third-order valence-electron chi connectivity index (χ3n) is 7.07. The normalized spacial score (nSPS) is 22.2. The first kappa shape index (κ1) is 23.7. The Morgan fingerprint density at radius 2 is 1.92 bits per heavy atom. The van der Waals surface area contributed by atoms with Gasteiger partial charge in [0.2, 0.25) is 10.0 Å². The number of aromatic amines is 1. The van der Waals surface area contributed by atoms with Crippen LogP contribution in [0.1, 0.15) is 37.8 Å². The molecule has 0 saturated carbocycles. The topological polar surface area (TPSA) is 129 Å². The Balaban J connectivity index is 1.28. The van der Waals surface area contributed by atoms with E-state index < -0.39 is 15.8 Å². The van der Waals surface area contributed by atoms with Crippen LogP contribution in [-0.2, 0) is 10.0 Å². The van der Waals surface area contributed by atoms with Gasteiger partial charge in [-0.05, 0) is 50.8 Å². The lowest BCUT2D eigenvalue weighted by molar-refractivity contribution is 0.116. The predicted octanol–water partition coefficient (Wildman–Crippen LogP) is 4.13. The summed E-state index contributed by atoms with van der Waals surface area (Å²) in [5.41, 5.74) is 1.72. The minimum atomic E-state index is -3.86. The van der Waals surface area contributed by atoms with Crippen molar-refractivity contribution in [1.29, 1.82) is 0 Å². The fourth-order valence-corrected chi connectivity index (χ4v) is 7.43. The molecule has 2 fully saturated rings. The van der Waals surface area contributed by atoms with E-state index in [2.05, 4.69) is 30.8 Å². The summed E-state index contributed by atoms with van der Waals surface area (Å²) in [4.78, 5) is 13.0. The van der Waals surface area contributed by atoms with Crippen LogP contribution in [0.4, 0.5) is 21.8 Å². The highest BCUT2D eigenvalue weighted by Crippen LogP contribution is 2.39. The average Bonchev–Trinajstić information content (AvgIpc) is 3.27. The highest BCUT2D eigenvalue weighted by atomic mass is 32.2. The number of hydrogen-bond donors (Lipinski definition) is 3. The zero-order chi connectivity index (χ0) is 25.6. The molecule has 4 aromatic rings. The molecule has 37 heavy (non-hydrogen) atoms. The first-order chi connectivity index (χ1) is 17.9. The Morgan fingerprint density at radius 1 is 1.11 bits per heavy atom. The van der Waals surface area contributed by atoms with Crippen LogP contribution >= 0.6 is 0 Å². The molecule has 0 aromatic carbocycles. The molecular formula is C25H27FN8O2S. The Hall–Kier alpha value is -3.64. The molecule has 0 radical (unpaired) electrons. The number of hydrogen-bond acceptors (Lipinski definition) is 8. The van der Waals surface area contributed by atoms with Gasteiger partial charge in [0.15, 0.2) is 5.82 Å². The zero-order valence-electron chi connectivity index (χ0n) is 20.2. The van der Waals surface area contributed by atoms with Gasteiger partial charge in [-0.25, -0.2) is 17.8 Å².